The number of nitrogens with zero attached hydrogens (tertiary/aromatic N) is 1. The van der Waals surface area contributed by atoms with Gasteiger partial charge in [0.15, 0.2) is 0 Å². The topological polar surface area (TPSA) is 47.6 Å². The van der Waals surface area contributed by atoms with Crippen molar-refractivity contribution in [3.05, 3.63) is 35.4 Å². The first-order chi connectivity index (χ1) is 5.36. The van der Waals surface area contributed by atoms with Gasteiger partial charge in [0.1, 0.15) is 0 Å². The van der Waals surface area contributed by atoms with Crippen LogP contribution in [0.4, 0.5) is 0 Å². The Bertz CT molecular complexity index is 341. The Morgan fingerprint density at radius 1 is 1.45 bits per heavy atom. The second-order valence-electron chi connectivity index (χ2n) is 2.03. The van der Waals surface area contributed by atoms with E-state index in [2.05, 4.69) is 5.87 Å². The van der Waals surface area contributed by atoms with Gasteiger partial charge in [-0.05, 0) is 23.6 Å². The highest BCUT2D eigenvalue weighted by molar-refractivity contribution is 5.76. The van der Waals surface area contributed by atoms with Crippen LogP contribution in [0, 0.1) is 16.7 Å². The number of hydrogen-bond donors (Lipinski definition) is 1. The Balaban J connectivity index is 3.12. The van der Waals surface area contributed by atoms with Crippen molar-refractivity contribution in [2.45, 2.75) is 0 Å². The van der Waals surface area contributed by atoms with Gasteiger partial charge >= 0.3 is 0 Å². The summed E-state index contributed by atoms with van der Waals surface area (Å²) in [5, 5.41) is 15.2. The summed E-state index contributed by atoms with van der Waals surface area (Å²) in [5.74, 6) is 2.15. The molecule has 1 aromatic rings. The average Bonchev–Trinajstić information content (AvgIpc) is 2.06. The molecule has 0 aliphatic rings. The molecule has 0 amide bonds. The van der Waals surface area contributed by atoms with Crippen LogP contribution in [-0.2, 0) is 0 Å². The van der Waals surface area contributed by atoms with Crippen LogP contribution >= 0.6 is 0 Å². The van der Waals surface area contributed by atoms with E-state index in [9.17, 15) is 0 Å². The highest BCUT2D eigenvalue weighted by atomic mass is 14.3. The van der Waals surface area contributed by atoms with E-state index >= 15 is 0 Å². The maximum absolute atomic E-state index is 8.50. The van der Waals surface area contributed by atoms with Crippen molar-refractivity contribution < 1.29 is 0 Å². The lowest BCUT2D eigenvalue weighted by Gasteiger charge is -1.89. The Labute approximate surface area is 64.9 Å². The van der Waals surface area contributed by atoms with Gasteiger partial charge in [0, 0.05) is 6.08 Å². The number of rotatable bonds is 1. The summed E-state index contributed by atoms with van der Waals surface area (Å²) in [7, 11) is 0. The molecular weight excluding hydrogens is 136 g/mol. The van der Waals surface area contributed by atoms with E-state index in [-0.39, 0.29) is 0 Å². The van der Waals surface area contributed by atoms with Gasteiger partial charge in [-0.1, -0.05) is 12.1 Å². The predicted octanol–water partition coefficient (Wildman–Crippen LogP) is 1.82. The van der Waals surface area contributed by atoms with Crippen molar-refractivity contribution in [2.75, 3.05) is 0 Å². The molecule has 0 saturated heterocycles. The van der Waals surface area contributed by atoms with Gasteiger partial charge in [0.25, 0.3) is 0 Å². The third-order valence-electron chi connectivity index (χ3n) is 1.25. The molecule has 0 aliphatic heterocycles. The molecule has 1 N–H and O–H groups in total. The number of benzene rings is 1. The lowest BCUT2D eigenvalue weighted by Crippen LogP contribution is -1.75. The van der Waals surface area contributed by atoms with Gasteiger partial charge in [-0.15, -0.1) is 0 Å². The summed E-state index contributed by atoms with van der Waals surface area (Å²) < 4.78 is 0. The van der Waals surface area contributed by atoms with E-state index < -0.39 is 0 Å². The minimum absolute atomic E-state index is 0.606. The van der Waals surface area contributed by atoms with E-state index in [0.29, 0.717) is 5.56 Å². The molecule has 1 aromatic carbocycles. The van der Waals surface area contributed by atoms with Crippen LogP contribution in [0.25, 0.3) is 6.08 Å². The molecule has 1 rings (SSSR count). The fourth-order valence-corrected chi connectivity index (χ4v) is 0.781. The molecule has 0 unspecified atom stereocenters. The average molecular weight is 142 g/mol. The first-order valence-electron chi connectivity index (χ1n) is 3.12. The van der Waals surface area contributed by atoms with Crippen molar-refractivity contribution in [2.24, 2.45) is 0 Å². The molecule has 0 saturated carbocycles. The zero-order valence-electron chi connectivity index (χ0n) is 5.83. The maximum Gasteiger partial charge on any atom is 0.0991 e. The number of nitrogens with one attached hydrogen (secondary N) is 1. The van der Waals surface area contributed by atoms with Crippen LogP contribution in [0.5, 0.6) is 0 Å². The second kappa shape index (κ2) is 3.36. The van der Waals surface area contributed by atoms with Crippen molar-refractivity contribution in [3.63, 3.8) is 0 Å². The van der Waals surface area contributed by atoms with Gasteiger partial charge in [-0.3, -0.25) is 5.41 Å². The van der Waals surface area contributed by atoms with Crippen LogP contribution in [0.1, 0.15) is 11.1 Å². The minimum atomic E-state index is 0.606. The first kappa shape index (κ1) is 7.27. The minimum Gasteiger partial charge on any atom is -0.259 e. The Morgan fingerprint density at radius 3 is 2.91 bits per heavy atom. The van der Waals surface area contributed by atoms with Crippen LogP contribution in [0.15, 0.2) is 24.3 Å². The van der Waals surface area contributed by atoms with E-state index in [1.165, 1.54) is 6.08 Å². The molecule has 0 aliphatic carbocycles. The standard InChI is InChI=1S/C9H6N2/c10-5-4-8-2-1-3-9(6-8)7-11/h1-4,6,10H. The van der Waals surface area contributed by atoms with Crippen LogP contribution in [-0.4, -0.2) is 5.87 Å². The Kier molecular flexibility index (Phi) is 2.22. The number of hydrogen-bond acceptors (Lipinski definition) is 2. The molecule has 52 valence electrons. The highest BCUT2D eigenvalue weighted by Gasteiger charge is 1.88. The quantitative estimate of drug-likeness (QED) is 0.597. The van der Waals surface area contributed by atoms with E-state index in [1.54, 1.807) is 18.2 Å². The van der Waals surface area contributed by atoms with Gasteiger partial charge in [0.2, 0.25) is 0 Å². The molecule has 0 spiro atoms. The summed E-state index contributed by atoms with van der Waals surface area (Å²) in [5.41, 5.74) is 1.44. The van der Waals surface area contributed by atoms with E-state index in [1.807, 2.05) is 12.1 Å². The van der Waals surface area contributed by atoms with Crippen LogP contribution in [0.3, 0.4) is 0 Å². The Hall–Kier alpha value is -1.84. The monoisotopic (exact) mass is 142 g/mol. The van der Waals surface area contributed by atoms with Gasteiger partial charge < -0.3 is 0 Å². The van der Waals surface area contributed by atoms with Crippen molar-refractivity contribution >= 4 is 11.9 Å². The fraction of sp³-hybridized carbons (Fsp3) is 0. The van der Waals surface area contributed by atoms with Crippen molar-refractivity contribution in [3.8, 4) is 6.07 Å². The van der Waals surface area contributed by atoms with Crippen molar-refractivity contribution in [1.29, 1.82) is 10.7 Å². The normalized spacial score (nSPS) is 7.91. The van der Waals surface area contributed by atoms with Gasteiger partial charge in [-0.25, -0.2) is 0 Å². The highest BCUT2D eigenvalue weighted by Crippen LogP contribution is 2.03. The van der Waals surface area contributed by atoms with Crippen LogP contribution < -0.4 is 0 Å². The van der Waals surface area contributed by atoms with Gasteiger partial charge in [-0.2, -0.15) is 5.26 Å². The predicted molar refractivity (Wildman–Crippen MR) is 43.3 cm³/mol. The molecule has 0 fully saturated rings. The molecule has 2 heteroatoms. The smallest absolute Gasteiger partial charge is 0.0991 e. The van der Waals surface area contributed by atoms with Gasteiger partial charge in [0.05, 0.1) is 11.6 Å². The summed E-state index contributed by atoms with van der Waals surface area (Å²) >= 11 is 0. The maximum atomic E-state index is 8.50. The SMILES string of the molecule is N#Cc1cccc(C=C=N)c1. The number of nitriles is 1. The molecule has 0 heterocycles. The lowest BCUT2D eigenvalue weighted by atomic mass is 10.1. The summed E-state index contributed by atoms with van der Waals surface area (Å²) in [6.07, 6.45) is 1.51. The first-order valence-corrected chi connectivity index (χ1v) is 3.12. The summed E-state index contributed by atoms with van der Waals surface area (Å²) in [6.45, 7) is 0. The molecular formula is C9H6N2. The molecule has 0 radical (unpaired) electrons. The fourth-order valence-electron chi connectivity index (χ4n) is 0.781. The lowest BCUT2D eigenvalue weighted by molar-refractivity contribution is 1.48. The van der Waals surface area contributed by atoms with Crippen LogP contribution in [0.2, 0.25) is 0 Å². The molecule has 0 aromatic heterocycles. The molecule has 0 atom stereocenters. The zero-order valence-corrected chi connectivity index (χ0v) is 5.83. The summed E-state index contributed by atoms with van der Waals surface area (Å²) in [4.78, 5) is 0. The molecule has 2 nitrogen and oxygen atoms in total. The molecule has 0 bridgehead atoms. The zero-order chi connectivity index (χ0) is 8.10. The Morgan fingerprint density at radius 2 is 2.27 bits per heavy atom. The molecule has 11 heavy (non-hydrogen) atoms. The van der Waals surface area contributed by atoms with E-state index in [0.717, 1.165) is 5.56 Å². The van der Waals surface area contributed by atoms with E-state index in [4.69, 9.17) is 10.7 Å². The third kappa shape index (κ3) is 1.79. The third-order valence-corrected chi connectivity index (χ3v) is 1.25. The second-order valence-corrected chi connectivity index (χ2v) is 2.03. The largest absolute Gasteiger partial charge is 0.259 e. The van der Waals surface area contributed by atoms with Crippen molar-refractivity contribution in [1.82, 2.24) is 0 Å². The summed E-state index contributed by atoms with van der Waals surface area (Å²) in [6, 6.07) is 9.05.